The summed E-state index contributed by atoms with van der Waals surface area (Å²) in [4.78, 5) is 4.32. The molecule has 0 N–H and O–H groups in total. The Hall–Kier alpha value is -1.74. The molecule has 0 spiro atoms. The van der Waals surface area contributed by atoms with E-state index in [1.165, 1.54) is 0 Å². The number of hydrogen-bond acceptors (Lipinski definition) is 2. The number of para-hydroxylation sites is 1. The molecule has 0 aliphatic rings. The highest BCUT2D eigenvalue weighted by Gasteiger charge is 2.10. The second-order valence-electron chi connectivity index (χ2n) is 3.69. The number of imidazole rings is 1. The molecule has 3 aromatic rings. The smallest absolute Gasteiger partial charge is 0.176 e. The zero-order valence-corrected chi connectivity index (χ0v) is 10.3. The van der Waals surface area contributed by atoms with E-state index in [0.29, 0.717) is 0 Å². The van der Waals surface area contributed by atoms with E-state index >= 15 is 0 Å². The maximum atomic E-state index is 5.77. The SMILES string of the molecule is CCn1ccnc1-c1cc2ccccc2o1.Cl. The number of aryl methyl sites for hydroxylation is 1. The summed E-state index contributed by atoms with van der Waals surface area (Å²) in [6.45, 7) is 2.99. The van der Waals surface area contributed by atoms with Crippen LogP contribution in [-0.4, -0.2) is 9.55 Å². The lowest BCUT2D eigenvalue weighted by atomic mass is 10.2. The van der Waals surface area contributed by atoms with Gasteiger partial charge in [-0.3, -0.25) is 0 Å². The summed E-state index contributed by atoms with van der Waals surface area (Å²) in [6.07, 6.45) is 3.76. The summed E-state index contributed by atoms with van der Waals surface area (Å²) in [5, 5.41) is 1.11. The minimum atomic E-state index is 0. The molecule has 0 unspecified atom stereocenters. The normalized spacial score (nSPS) is 10.4. The summed E-state index contributed by atoms with van der Waals surface area (Å²) in [5.41, 5.74) is 0.906. The third-order valence-electron chi connectivity index (χ3n) is 2.70. The van der Waals surface area contributed by atoms with Crippen LogP contribution in [0.3, 0.4) is 0 Å². The zero-order valence-electron chi connectivity index (χ0n) is 9.46. The fraction of sp³-hybridized carbons (Fsp3) is 0.154. The molecule has 1 aromatic carbocycles. The second-order valence-corrected chi connectivity index (χ2v) is 3.69. The number of furan rings is 1. The van der Waals surface area contributed by atoms with E-state index in [1.54, 1.807) is 6.20 Å². The highest BCUT2D eigenvalue weighted by molar-refractivity contribution is 5.85. The summed E-state index contributed by atoms with van der Waals surface area (Å²) in [5.74, 6) is 1.71. The van der Waals surface area contributed by atoms with Gasteiger partial charge in [0.05, 0.1) is 0 Å². The Balaban J connectivity index is 0.00000108. The van der Waals surface area contributed by atoms with Gasteiger partial charge in [0, 0.05) is 24.3 Å². The first-order valence-corrected chi connectivity index (χ1v) is 5.38. The minimum absolute atomic E-state index is 0. The number of halogens is 1. The van der Waals surface area contributed by atoms with Crippen molar-refractivity contribution in [2.24, 2.45) is 0 Å². The van der Waals surface area contributed by atoms with Crippen molar-refractivity contribution < 1.29 is 4.42 Å². The maximum Gasteiger partial charge on any atom is 0.176 e. The van der Waals surface area contributed by atoms with Crippen molar-refractivity contribution in [2.45, 2.75) is 13.5 Å². The van der Waals surface area contributed by atoms with Gasteiger partial charge < -0.3 is 8.98 Å². The Morgan fingerprint density at radius 1 is 1.29 bits per heavy atom. The van der Waals surface area contributed by atoms with Crippen LogP contribution in [-0.2, 0) is 6.54 Å². The fourth-order valence-electron chi connectivity index (χ4n) is 1.88. The van der Waals surface area contributed by atoms with Crippen LogP contribution >= 0.6 is 12.4 Å². The Morgan fingerprint density at radius 2 is 2.12 bits per heavy atom. The van der Waals surface area contributed by atoms with Crippen LogP contribution in [0.4, 0.5) is 0 Å². The molecule has 3 nitrogen and oxygen atoms in total. The Bertz CT molecular complexity index is 594. The lowest BCUT2D eigenvalue weighted by molar-refractivity contribution is 0.614. The molecule has 0 saturated carbocycles. The van der Waals surface area contributed by atoms with Crippen LogP contribution < -0.4 is 0 Å². The lowest BCUT2D eigenvalue weighted by Gasteiger charge is -1.99. The van der Waals surface area contributed by atoms with Gasteiger partial charge in [-0.1, -0.05) is 18.2 Å². The quantitative estimate of drug-likeness (QED) is 0.692. The third-order valence-corrected chi connectivity index (χ3v) is 2.70. The maximum absolute atomic E-state index is 5.77. The van der Waals surface area contributed by atoms with Crippen molar-refractivity contribution >= 4 is 23.4 Å². The topological polar surface area (TPSA) is 31.0 Å². The van der Waals surface area contributed by atoms with Gasteiger partial charge in [-0.05, 0) is 19.1 Å². The highest BCUT2D eigenvalue weighted by atomic mass is 35.5. The number of hydrogen-bond donors (Lipinski definition) is 0. The predicted octanol–water partition coefficient (Wildman–Crippen LogP) is 3.74. The average molecular weight is 249 g/mol. The molecule has 3 rings (SSSR count). The monoisotopic (exact) mass is 248 g/mol. The van der Waals surface area contributed by atoms with Gasteiger partial charge in [0.15, 0.2) is 11.6 Å². The molecule has 2 aromatic heterocycles. The first-order chi connectivity index (χ1) is 7.88. The molecule has 0 fully saturated rings. The van der Waals surface area contributed by atoms with Gasteiger partial charge in [-0.25, -0.2) is 4.98 Å². The van der Waals surface area contributed by atoms with E-state index in [0.717, 1.165) is 29.1 Å². The summed E-state index contributed by atoms with van der Waals surface area (Å²) >= 11 is 0. The largest absolute Gasteiger partial charge is 0.453 e. The molecule has 4 heteroatoms. The van der Waals surface area contributed by atoms with E-state index in [4.69, 9.17) is 4.42 Å². The first-order valence-electron chi connectivity index (χ1n) is 5.38. The Labute approximate surface area is 105 Å². The van der Waals surface area contributed by atoms with Crippen molar-refractivity contribution in [2.75, 3.05) is 0 Å². The van der Waals surface area contributed by atoms with Crippen LogP contribution in [0.1, 0.15) is 6.92 Å². The highest BCUT2D eigenvalue weighted by Crippen LogP contribution is 2.26. The van der Waals surface area contributed by atoms with Gasteiger partial charge in [-0.2, -0.15) is 0 Å². The van der Waals surface area contributed by atoms with Crippen LogP contribution in [0.15, 0.2) is 47.1 Å². The number of benzene rings is 1. The fourth-order valence-corrected chi connectivity index (χ4v) is 1.88. The van der Waals surface area contributed by atoms with Crippen molar-refractivity contribution in [1.82, 2.24) is 9.55 Å². The first kappa shape index (κ1) is 11.7. The molecule has 0 atom stereocenters. The van der Waals surface area contributed by atoms with Crippen LogP contribution in [0, 0.1) is 0 Å². The van der Waals surface area contributed by atoms with Crippen LogP contribution in [0.2, 0.25) is 0 Å². The zero-order chi connectivity index (χ0) is 11.0. The van der Waals surface area contributed by atoms with E-state index in [2.05, 4.69) is 16.5 Å². The number of fused-ring (bicyclic) bond motifs is 1. The van der Waals surface area contributed by atoms with Crippen molar-refractivity contribution in [3.8, 4) is 11.6 Å². The average Bonchev–Trinajstić information content (AvgIpc) is 2.94. The predicted molar refractivity (Wildman–Crippen MR) is 70.4 cm³/mol. The third kappa shape index (κ3) is 1.94. The van der Waals surface area contributed by atoms with E-state index in [9.17, 15) is 0 Å². The van der Waals surface area contributed by atoms with Crippen molar-refractivity contribution in [3.05, 3.63) is 42.7 Å². The Kier molecular flexibility index (Phi) is 3.20. The van der Waals surface area contributed by atoms with Gasteiger partial charge >= 0.3 is 0 Å². The number of nitrogens with zero attached hydrogens (tertiary/aromatic N) is 2. The molecule has 0 aliphatic carbocycles. The molecule has 0 amide bonds. The van der Waals surface area contributed by atoms with Gasteiger partial charge in [0.25, 0.3) is 0 Å². The van der Waals surface area contributed by atoms with Crippen molar-refractivity contribution in [3.63, 3.8) is 0 Å². The van der Waals surface area contributed by atoms with E-state index in [-0.39, 0.29) is 12.4 Å². The van der Waals surface area contributed by atoms with Crippen LogP contribution in [0.25, 0.3) is 22.6 Å². The minimum Gasteiger partial charge on any atom is -0.453 e. The molecule has 0 aliphatic heterocycles. The second kappa shape index (κ2) is 4.63. The van der Waals surface area contributed by atoms with Gasteiger partial charge in [0.2, 0.25) is 0 Å². The molecule has 0 bridgehead atoms. The summed E-state index contributed by atoms with van der Waals surface area (Å²) in [7, 11) is 0. The molecule has 0 saturated heterocycles. The van der Waals surface area contributed by atoms with E-state index in [1.807, 2.05) is 36.5 Å². The molecule has 88 valence electrons. The van der Waals surface area contributed by atoms with Gasteiger partial charge in [-0.15, -0.1) is 12.4 Å². The number of aromatic nitrogens is 2. The molecule has 0 radical (unpaired) electrons. The molecular weight excluding hydrogens is 236 g/mol. The molecule has 17 heavy (non-hydrogen) atoms. The molecule has 2 heterocycles. The molecular formula is C13H13ClN2O. The lowest BCUT2D eigenvalue weighted by Crippen LogP contribution is -1.94. The Morgan fingerprint density at radius 3 is 2.88 bits per heavy atom. The van der Waals surface area contributed by atoms with Gasteiger partial charge in [0.1, 0.15) is 5.58 Å². The van der Waals surface area contributed by atoms with E-state index < -0.39 is 0 Å². The standard InChI is InChI=1S/C13H12N2O.ClH/c1-2-15-8-7-14-13(15)12-9-10-5-3-4-6-11(10)16-12;/h3-9H,2H2,1H3;1H. The summed E-state index contributed by atoms with van der Waals surface area (Å²) in [6, 6.07) is 10.0. The van der Waals surface area contributed by atoms with Crippen LogP contribution in [0.5, 0.6) is 0 Å². The number of rotatable bonds is 2. The summed E-state index contributed by atoms with van der Waals surface area (Å²) < 4.78 is 7.84. The van der Waals surface area contributed by atoms with Crippen molar-refractivity contribution in [1.29, 1.82) is 0 Å².